The van der Waals surface area contributed by atoms with Crippen LogP contribution in [0.3, 0.4) is 0 Å². The van der Waals surface area contributed by atoms with E-state index in [0.29, 0.717) is 5.69 Å². The summed E-state index contributed by atoms with van der Waals surface area (Å²) in [5.41, 5.74) is 2.20. The van der Waals surface area contributed by atoms with Crippen LogP contribution < -0.4 is 0 Å². The van der Waals surface area contributed by atoms with Crippen LogP contribution in [0.2, 0.25) is 0 Å². The molecule has 0 amide bonds. The van der Waals surface area contributed by atoms with E-state index in [-0.39, 0.29) is 5.75 Å². The molecule has 1 aromatic rings. The third-order valence-corrected chi connectivity index (χ3v) is 2.09. The molecule has 1 N–H and O–H groups in total. The Labute approximate surface area is 90.3 Å². The van der Waals surface area contributed by atoms with Crippen molar-refractivity contribution in [3.63, 3.8) is 0 Å². The molecular weight excluding hydrogens is 186 g/mol. The average molecular weight is 201 g/mol. The Morgan fingerprint density at radius 1 is 1.53 bits per heavy atom. The summed E-state index contributed by atoms with van der Waals surface area (Å²) < 4.78 is 0. The molecule has 78 valence electrons. The molecule has 0 radical (unpaired) electrons. The molecule has 15 heavy (non-hydrogen) atoms. The highest BCUT2D eigenvalue weighted by atomic mass is 16.3. The number of allylic oxidation sites excluding steroid dienone is 5. The molecule has 1 heterocycles. The Bertz CT molecular complexity index is 417. The maximum atomic E-state index is 9.82. The van der Waals surface area contributed by atoms with Crippen LogP contribution >= 0.6 is 0 Å². The second kappa shape index (κ2) is 5.15. The molecule has 0 aliphatic rings. The van der Waals surface area contributed by atoms with E-state index in [0.717, 1.165) is 11.1 Å². The predicted molar refractivity (Wildman–Crippen MR) is 63.6 cm³/mol. The number of hydrogen-bond donors (Lipinski definition) is 1. The molecule has 0 saturated heterocycles. The van der Waals surface area contributed by atoms with E-state index >= 15 is 0 Å². The molecule has 1 aromatic heterocycles. The minimum absolute atomic E-state index is 0.216. The van der Waals surface area contributed by atoms with Gasteiger partial charge in [-0.05, 0) is 25.5 Å². The number of aryl methyl sites for hydroxylation is 1. The lowest BCUT2D eigenvalue weighted by Gasteiger charge is -2.05. The fourth-order valence-corrected chi connectivity index (χ4v) is 1.21. The van der Waals surface area contributed by atoms with E-state index in [1.54, 1.807) is 18.3 Å². The maximum Gasteiger partial charge on any atom is 0.144 e. The van der Waals surface area contributed by atoms with Gasteiger partial charge in [0.25, 0.3) is 0 Å². The van der Waals surface area contributed by atoms with Crippen molar-refractivity contribution in [1.29, 1.82) is 0 Å². The Kier molecular flexibility index (Phi) is 3.86. The molecule has 2 heteroatoms. The van der Waals surface area contributed by atoms with Crippen molar-refractivity contribution in [3.05, 3.63) is 54.4 Å². The van der Waals surface area contributed by atoms with E-state index in [1.807, 2.05) is 32.1 Å². The third-order valence-electron chi connectivity index (χ3n) is 2.09. The number of aromatic nitrogens is 1. The Balaban J connectivity index is 3.24. The van der Waals surface area contributed by atoms with Gasteiger partial charge in [-0.2, -0.15) is 0 Å². The fourth-order valence-electron chi connectivity index (χ4n) is 1.21. The first-order valence-electron chi connectivity index (χ1n) is 4.81. The van der Waals surface area contributed by atoms with Crippen molar-refractivity contribution in [2.24, 2.45) is 0 Å². The summed E-state index contributed by atoms with van der Waals surface area (Å²) in [6, 6.07) is 1.77. The third kappa shape index (κ3) is 2.56. The van der Waals surface area contributed by atoms with E-state index in [9.17, 15) is 5.11 Å². The minimum Gasteiger partial charge on any atom is -0.505 e. The molecule has 0 aromatic carbocycles. The number of hydrogen-bond acceptors (Lipinski definition) is 2. The molecule has 0 spiro atoms. The van der Waals surface area contributed by atoms with Crippen molar-refractivity contribution < 1.29 is 5.11 Å². The maximum absolute atomic E-state index is 9.82. The van der Waals surface area contributed by atoms with Gasteiger partial charge in [0.05, 0.1) is 0 Å². The first kappa shape index (κ1) is 11.2. The molecule has 0 aliphatic carbocycles. The van der Waals surface area contributed by atoms with Crippen molar-refractivity contribution >= 4 is 5.57 Å². The van der Waals surface area contributed by atoms with E-state index in [4.69, 9.17) is 0 Å². The van der Waals surface area contributed by atoms with Crippen LogP contribution in [-0.2, 0) is 0 Å². The largest absolute Gasteiger partial charge is 0.505 e. The summed E-state index contributed by atoms with van der Waals surface area (Å²) in [6.07, 6.45) is 9.03. The highest BCUT2D eigenvalue weighted by molar-refractivity contribution is 5.76. The molecule has 0 atom stereocenters. The summed E-state index contributed by atoms with van der Waals surface area (Å²) in [5.74, 6) is 0.216. The van der Waals surface area contributed by atoms with Crippen LogP contribution in [-0.4, -0.2) is 10.1 Å². The normalized spacial score (nSPS) is 12.0. The van der Waals surface area contributed by atoms with Gasteiger partial charge in [-0.25, -0.2) is 0 Å². The molecule has 1 rings (SSSR count). The van der Waals surface area contributed by atoms with Crippen LogP contribution in [0, 0.1) is 6.92 Å². The molecule has 0 saturated carbocycles. The monoisotopic (exact) mass is 201 g/mol. The summed E-state index contributed by atoms with van der Waals surface area (Å²) in [4.78, 5) is 4.14. The van der Waals surface area contributed by atoms with Crippen LogP contribution in [0.4, 0.5) is 0 Å². The van der Waals surface area contributed by atoms with Crippen molar-refractivity contribution in [1.82, 2.24) is 4.98 Å². The highest BCUT2D eigenvalue weighted by Gasteiger charge is 2.07. The zero-order valence-electron chi connectivity index (χ0n) is 9.07. The van der Waals surface area contributed by atoms with E-state index in [2.05, 4.69) is 11.6 Å². The van der Waals surface area contributed by atoms with Gasteiger partial charge in [0.15, 0.2) is 0 Å². The van der Waals surface area contributed by atoms with Gasteiger partial charge >= 0.3 is 0 Å². The second-order valence-corrected chi connectivity index (χ2v) is 3.18. The predicted octanol–water partition coefficient (Wildman–Crippen LogP) is 3.24. The smallest absolute Gasteiger partial charge is 0.144 e. The molecule has 0 aliphatic heterocycles. The molecule has 0 unspecified atom stereocenters. The average Bonchev–Trinajstić information content (AvgIpc) is 2.25. The van der Waals surface area contributed by atoms with Gasteiger partial charge in [-0.3, -0.25) is 4.98 Å². The molecule has 0 bridgehead atoms. The van der Waals surface area contributed by atoms with Gasteiger partial charge in [0.1, 0.15) is 11.4 Å². The SMILES string of the molecule is C=C/C(=C\C=C/C)c1nccc(C)c1O. The fraction of sp³-hybridized carbons (Fsp3) is 0.154. The lowest BCUT2D eigenvalue weighted by molar-refractivity contribution is 0.466. The number of aromatic hydroxyl groups is 1. The van der Waals surface area contributed by atoms with Gasteiger partial charge in [-0.1, -0.05) is 30.9 Å². The molecular formula is C13H15NO. The first-order valence-corrected chi connectivity index (χ1v) is 4.81. The number of nitrogens with zero attached hydrogens (tertiary/aromatic N) is 1. The van der Waals surface area contributed by atoms with E-state index < -0.39 is 0 Å². The van der Waals surface area contributed by atoms with Crippen molar-refractivity contribution in [2.45, 2.75) is 13.8 Å². The lowest BCUT2D eigenvalue weighted by Crippen LogP contribution is -1.89. The van der Waals surface area contributed by atoms with Crippen molar-refractivity contribution in [3.8, 4) is 5.75 Å². The summed E-state index contributed by atoms with van der Waals surface area (Å²) in [5, 5.41) is 9.82. The molecule has 0 fully saturated rings. The van der Waals surface area contributed by atoms with Crippen LogP contribution in [0.15, 0.2) is 43.1 Å². The Morgan fingerprint density at radius 3 is 2.87 bits per heavy atom. The summed E-state index contributed by atoms with van der Waals surface area (Å²) >= 11 is 0. The summed E-state index contributed by atoms with van der Waals surface area (Å²) in [7, 11) is 0. The van der Waals surface area contributed by atoms with Gasteiger partial charge < -0.3 is 5.11 Å². The Hall–Kier alpha value is -1.83. The van der Waals surface area contributed by atoms with Crippen molar-refractivity contribution in [2.75, 3.05) is 0 Å². The topological polar surface area (TPSA) is 33.1 Å². The van der Waals surface area contributed by atoms with Crippen LogP contribution in [0.5, 0.6) is 5.75 Å². The van der Waals surface area contributed by atoms with E-state index in [1.165, 1.54) is 0 Å². The van der Waals surface area contributed by atoms with Crippen LogP contribution in [0.1, 0.15) is 18.2 Å². The summed E-state index contributed by atoms with van der Waals surface area (Å²) in [6.45, 7) is 7.48. The minimum atomic E-state index is 0.216. The van der Waals surface area contributed by atoms with Gasteiger partial charge in [0, 0.05) is 11.8 Å². The molecule has 2 nitrogen and oxygen atoms in total. The lowest BCUT2D eigenvalue weighted by atomic mass is 10.1. The standard InChI is InChI=1S/C13H15NO/c1-4-6-7-11(5-2)12-13(15)10(3)8-9-14-12/h4-9,15H,2H2,1,3H3/b6-4-,11-7+. The van der Waals surface area contributed by atoms with Crippen LogP contribution in [0.25, 0.3) is 5.57 Å². The highest BCUT2D eigenvalue weighted by Crippen LogP contribution is 2.26. The zero-order valence-corrected chi connectivity index (χ0v) is 9.07. The van der Waals surface area contributed by atoms with Gasteiger partial charge in [0.2, 0.25) is 0 Å². The number of pyridine rings is 1. The number of rotatable bonds is 3. The zero-order chi connectivity index (χ0) is 11.3. The first-order chi connectivity index (χ1) is 7.20. The Morgan fingerprint density at radius 2 is 2.27 bits per heavy atom. The van der Waals surface area contributed by atoms with Gasteiger partial charge in [-0.15, -0.1) is 0 Å². The quantitative estimate of drug-likeness (QED) is 0.761. The second-order valence-electron chi connectivity index (χ2n) is 3.18.